The Balaban J connectivity index is 1.83. The number of carbonyl (C=O) groups excluding carboxylic acids is 1. The molecule has 2 aromatic carbocycles. The first-order valence-electron chi connectivity index (χ1n) is 8.77. The first-order chi connectivity index (χ1) is 14.5. The highest BCUT2D eigenvalue weighted by molar-refractivity contribution is 6.04. The van der Waals surface area contributed by atoms with Crippen LogP contribution in [0, 0.1) is 5.82 Å². The van der Waals surface area contributed by atoms with Crippen LogP contribution >= 0.6 is 0 Å². The predicted octanol–water partition coefficient (Wildman–Crippen LogP) is 3.67. The van der Waals surface area contributed by atoms with Crippen molar-refractivity contribution in [3.8, 4) is 5.75 Å². The number of carbonyl (C=O) groups is 2. The van der Waals surface area contributed by atoms with Crippen molar-refractivity contribution in [2.24, 2.45) is 0 Å². The summed E-state index contributed by atoms with van der Waals surface area (Å²) in [7, 11) is 0. The molecule has 0 spiro atoms. The van der Waals surface area contributed by atoms with Gasteiger partial charge in [0.1, 0.15) is 0 Å². The molecule has 1 heterocycles. The van der Waals surface area contributed by atoms with Crippen molar-refractivity contribution in [3.05, 3.63) is 76.9 Å². The zero-order valence-electron chi connectivity index (χ0n) is 15.7. The van der Waals surface area contributed by atoms with Crippen molar-refractivity contribution in [2.45, 2.75) is 19.1 Å². The highest BCUT2D eigenvalue weighted by atomic mass is 19.4. The summed E-state index contributed by atoms with van der Waals surface area (Å²) < 4.78 is 52.4. The zero-order valence-corrected chi connectivity index (χ0v) is 15.7. The standard InChI is InChI=1S/C20H15F4N3O4/c21-15-6-1-11(7-16(15)28)9-27-10-12(8-17(29)30)18(26-27)19(31)25-14-4-2-13(3-5-14)20(22,23)24/h1-7,10,28H,8-9H2,(H,25,31)(H,29,30). The number of aromatic hydroxyl groups is 1. The maximum Gasteiger partial charge on any atom is 0.416 e. The van der Waals surface area contributed by atoms with Gasteiger partial charge >= 0.3 is 12.1 Å². The molecule has 0 saturated carbocycles. The minimum absolute atomic E-state index is 0.00796. The van der Waals surface area contributed by atoms with Crippen LogP contribution in [0.3, 0.4) is 0 Å². The minimum atomic E-state index is -4.52. The van der Waals surface area contributed by atoms with Crippen molar-refractivity contribution in [1.29, 1.82) is 0 Å². The van der Waals surface area contributed by atoms with E-state index in [1.54, 1.807) is 0 Å². The Labute approximate surface area is 172 Å². The fraction of sp³-hybridized carbons (Fsp3) is 0.150. The number of anilines is 1. The van der Waals surface area contributed by atoms with Gasteiger partial charge in [-0.05, 0) is 42.0 Å². The molecule has 3 N–H and O–H groups in total. The molecule has 0 bridgehead atoms. The molecule has 1 aromatic heterocycles. The Bertz CT molecular complexity index is 1120. The topological polar surface area (TPSA) is 104 Å². The van der Waals surface area contributed by atoms with E-state index < -0.39 is 41.6 Å². The normalized spacial score (nSPS) is 11.4. The van der Waals surface area contributed by atoms with E-state index in [1.807, 2.05) is 0 Å². The monoisotopic (exact) mass is 437 g/mol. The summed E-state index contributed by atoms with van der Waals surface area (Å²) in [6.45, 7) is 0.00796. The lowest BCUT2D eigenvalue weighted by atomic mass is 10.1. The fourth-order valence-electron chi connectivity index (χ4n) is 2.80. The second-order valence-corrected chi connectivity index (χ2v) is 6.59. The summed E-state index contributed by atoms with van der Waals surface area (Å²) in [5, 5.41) is 25.0. The smallest absolute Gasteiger partial charge is 0.416 e. The van der Waals surface area contributed by atoms with E-state index in [1.165, 1.54) is 16.9 Å². The van der Waals surface area contributed by atoms with Gasteiger partial charge in [0.05, 0.1) is 18.5 Å². The molecular formula is C20H15F4N3O4. The summed E-state index contributed by atoms with van der Waals surface area (Å²) in [6.07, 6.45) is -3.73. The van der Waals surface area contributed by atoms with E-state index in [0.29, 0.717) is 5.56 Å². The summed E-state index contributed by atoms with van der Waals surface area (Å²) >= 11 is 0. The second kappa shape index (κ2) is 8.46. The van der Waals surface area contributed by atoms with Gasteiger partial charge in [0, 0.05) is 17.4 Å². The van der Waals surface area contributed by atoms with Crippen LogP contribution in [-0.2, 0) is 23.9 Å². The number of hydrogen-bond donors (Lipinski definition) is 3. The number of alkyl halides is 3. The molecule has 0 radical (unpaired) electrons. The van der Waals surface area contributed by atoms with Gasteiger partial charge in [0.15, 0.2) is 17.3 Å². The van der Waals surface area contributed by atoms with Crippen LogP contribution in [0.4, 0.5) is 23.2 Å². The maximum absolute atomic E-state index is 13.2. The van der Waals surface area contributed by atoms with E-state index in [0.717, 1.165) is 36.4 Å². The lowest BCUT2D eigenvalue weighted by molar-refractivity contribution is -0.138. The molecule has 31 heavy (non-hydrogen) atoms. The third-order valence-corrected chi connectivity index (χ3v) is 4.22. The number of phenolic OH excluding ortho intramolecular Hbond substituents is 1. The number of benzene rings is 2. The number of phenols is 1. The van der Waals surface area contributed by atoms with E-state index in [9.17, 15) is 32.3 Å². The highest BCUT2D eigenvalue weighted by Crippen LogP contribution is 2.30. The van der Waals surface area contributed by atoms with Gasteiger partial charge < -0.3 is 15.5 Å². The van der Waals surface area contributed by atoms with Gasteiger partial charge in [-0.15, -0.1) is 0 Å². The summed E-state index contributed by atoms with van der Waals surface area (Å²) in [5.41, 5.74) is -0.531. The molecule has 0 aliphatic heterocycles. The Hall–Kier alpha value is -3.89. The third-order valence-electron chi connectivity index (χ3n) is 4.22. The highest BCUT2D eigenvalue weighted by Gasteiger charge is 2.30. The number of amides is 1. The predicted molar refractivity (Wildman–Crippen MR) is 100 cm³/mol. The van der Waals surface area contributed by atoms with Crippen LogP contribution in [0.5, 0.6) is 5.75 Å². The zero-order chi connectivity index (χ0) is 22.8. The second-order valence-electron chi connectivity index (χ2n) is 6.59. The van der Waals surface area contributed by atoms with Crippen molar-refractivity contribution in [1.82, 2.24) is 9.78 Å². The Morgan fingerprint density at radius 3 is 2.35 bits per heavy atom. The van der Waals surface area contributed by atoms with Crippen LogP contribution in [0.15, 0.2) is 48.7 Å². The molecular weight excluding hydrogens is 422 g/mol. The maximum atomic E-state index is 13.2. The summed E-state index contributed by atoms with van der Waals surface area (Å²) in [4.78, 5) is 23.7. The number of carboxylic acids is 1. The summed E-state index contributed by atoms with van der Waals surface area (Å²) in [5.74, 6) is -3.41. The van der Waals surface area contributed by atoms with Crippen LogP contribution in [0.25, 0.3) is 0 Å². The first kappa shape index (κ1) is 21.8. The van der Waals surface area contributed by atoms with E-state index in [-0.39, 0.29) is 23.5 Å². The lowest BCUT2D eigenvalue weighted by Crippen LogP contribution is -2.16. The van der Waals surface area contributed by atoms with Crippen LogP contribution < -0.4 is 5.32 Å². The molecule has 7 nitrogen and oxygen atoms in total. The van der Waals surface area contributed by atoms with Crippen LogP contribution in [0.1, 0.15) is 27.2 Å². The molecule has 0 unspecified atom stereocenters. The molecule has 3 aromatic rings. The van der Waals surface area contributed by atoms with Crippen LogP contribution in [-0.4, -0.2) is 31.9 Å². The minimum Gasteiger partial charge on any atom is -0.505 e. The van der Waals surface area contributed by atoms with Crippen molar-refractivity contribution in [2.75, 3.05) is 5.32 Å². The Morgan fingerprint density at radius 1 is 1.10 bits per heavy atom. The number of rotatable bonds is 6. The van der Waals surface area contributed by atoms with Crippen molar-refractivity contribution < 1.29 is 37.4 Å². The molecule has 3 rings (SSSR count). The molecule has 0 atom stereocenters. The van der Waals surface area contributed by atoms with Gasteiger partial charge in [0.2, 0.25) is 0 Å². The van der Waals surface area contributed by atoms with Gasteiger partial charge in [-0.25, -0.2) is 4.39 Å². The number of aliphatic carboxylic acids is 1. The average Bonchev–Trinajstić information content (AvgIpc) is 3.06. The number of nitrogens with one attached hydrogen (secondary N) is 1. The van der Waals surface area contributed by atoms with Gasteiger partial charge in [0.25, 0.3) is 5.91 Å². The molecule has 0 aliphatic carbocycles. The quantitative estimate of drug-likeness (QED) is 0.511. The molecule has 0 fully saturated rings. The number of hydrogen-bond acceptors (Lipinski definition) is 4. The number of nitrogens with zero attached hydrogens (tertiary/aromatic N) is 2. The molecule has 0 aliphatic rings. The SMILES string of the molecule is O=C(O)Cc1cn(Cc2ccc(F)c(O)c2)nc1C(=O)Nc1ccc(C(F)(F)F)cc1. The third kappa shape index (κ3) is 5.38. The Morgan fingerprint density at radius 2 is 1.77 bits per heavy atom. The van der Waals surface area contributed by atoms with Crippen molar-refractivity contribution in [3.63, 3.8) is 0 Å². The number of aromatic nitrogens is 2. The van der Waals surface area contributed by atoms with Crippen LogP contribution in [0.2, 0.25) is 0 Å². The largest absolute Gasteiger partial charge is 0.505 e. The summed E-state index contributed by atoms with van der Waals surface area (Å²) in [6, 6.07) is 7.32. The van der Waals surface area contributed by atoms with Crippen molar-refractivity contribution >= 4 is 17.6 Å². The first-order valence-corrected chi connectivity index (χ1v) is 8.77. The lowest BCUT2D eigenvalue weighted by Gasteiger charge is -2.08. The van der Waals surface area contributed by atoms with Gasteiger partial charge in [-0.1, -0.05) is 6.07 Å². The number of halogens is 4. The van der Waals surface area contributed by atoms with E-state index in [4.69, 9.17) is 5.11 Å². The molecule has 11 heteroatoms. The van der Waals surface area contributed by atoms with E-state index >= 15 is 0 Å². The molecule has 0 saturated heterocycles. The van der Waals surface area contributed by atoms with E-state index in [2.05, 4.69) is 10.4 Å². The Kier molecular flexibility index (Phi) is 5.95. The van der Waals surface area contributed by atoms with Gasteiger partial charge in [-0.2, -0.15) is 18.3 Å². The fourth-order valence-corrected chi connectivity index (χ4v) is 2.80. The number of carboxylic acid groups (broad SMARTS) is 1. The molecule has 1 amide bonds. The average molecular weight is 437 g/mol. The van der Waals surface area contributed by atoms with Gasteiger partial charge in [-0.3, -0.25) is 14.3 Å². The molecule has 162 valence electrons.